The molecule has 0 saturated carbocycles. The van der Waals surface area contributed by atoms with Crippen molar-refractivity contribution in [2.75, 3.05) is 19.7 Å². The lowest BCUT2D eigenvalue weighted by Gasteiger charge is -2.27. The molecule has 1 aromatic rings. The normalized spacial score (nSPS) is 14.6. The molecule has 6 amide bonds. The number of aliphatic hydroxyl groups excluding tert-OH is 1. The van der Waals surface area contributed by atoms with Gasteiger partial charge in [0, 0.05) is 31.8 Å². The minimum Gasteiger partial charge on any atom is -0.394 e. The number of primary amides is 1. The third-order valence-electron chi connectivity index (χ3n) is 6.97. The van der Waals surface area contributed by atoms with E-state index in [2.05, 4.69) is 35.8 Å². The third kappa shape index (κ3) is 15.8. The standard InChI is InChI=1S/C28H49N8O11P/c1-6-7-8-9-36(18(5)38)13-23(39)32-20(10-16(2)3)26(41)33-21(11-19-12-30-15-31-19)27(42)34-22(14-37)28(43)35-24(25(29)40)17(4)47-48(44,45)46/h12,15-17,20-22,24,37H,6-11,13-14H2,1-5H3,(H2,29,40)(H,30,31)(H,32,39)(H,33,41)(H,34,42)(H,35,43)(H2,44,45,46). The highest BCUT2D eigenvalue weighted by molar-refractivity contribution is 7.46. The lowest BCUT2D eigenvalue weighted by atomic mass is 10.0. The number of aromatic nitrogens is 2. The molecule has 0 saturated heterocycles. The van der Waals surface area contributed by atoms with Gasteiger partial charge in [0.05, 0.1) is 25.6 Å². The number of aromatic amines is 1. The second-order valence-electron chi connectivity index (χ2n) is 11.7. The summed E-state index contributed by atoms with van der Waals surface area (Å²) in [5, 5.41) is 19.4. The van der Waals surface area contributed by atoms with Gasteiger partial charge in [0.1, 0.15) is 24.2 Å². The Hall–Kier alpha value is -3.90. The summed E-state index contributed by atoms with van der Waals surface area (Å²) in [5.74, 6) is -5.00. The molecule has 0 spiro atoms. The number of carbonyl (C=O) groups is 6. The van der Waals surface area contributed by atoms with Crippen molar-refractivity contribution >= 4 is 43.3 Å². The maximum absolute atomic E-state index is 13.5. The van der Waals surface area contributed by atoms with Crippen LogP contribution in [-0.4, -0.2) is 115 Å². The first-order valence-electron chi connectivity index (χ1n) is 15.5. The Labute approximate surface area is 278 Å². The predicted octanol–water partition coefficient (Wildman–Crippen LogP) is -2.05. The number of phosphoric acid groups is 1. The van der Waals surface area contributed by atoms with Crippen LogP contribution in [0.4, 0.5) is 0 Å². The summed E-state index contributed by atoms with van der Waals surface area (Å²) in [6.45, 7) is 7.18. The zero-order chi connectivity index (χ0) is 36.6. The monoisotopic (exact) mass is 704 g/mol. The average molecular weight is 705 g/mol. The van der Waals surface area contributed by atoms with E-state index < -0.39 is 74.2 Å². The Bertz CT molecular complexity index is 1270. The van der Waals surface area contributed by atoms with Crippen molar-refractivity contribution in [3.05, 3.63) is 18.2 Å². The highest BCUT2D eigenvalue weighted by Gasteiger charge is 2.35. The number of unbranched alkanes of at least 4 members (excludes halogenated alkanes) is 2. The molecule has 20 heteroatoms. The van der Waals surface area contributed by atoms with Gasteiger partial charge in [0.2, 0.25) is 35.4 Å². The van der Waals surface area contributed by atoms with Crippen molar-refractivity contribution < 1.29 is 52.7 Å². The second kappa shape index (κ2) is 20.5. The van der Waals surface area contributed by atoms with Gasteiger partial charge in [-0.1, -0.05) is 33.6 Å². The molecule has 1 rings (SSSR count). The van der Waals surface area contributed by atoms with E-state index in [0.29, 0.717) is 18.7 Å². The van der Waals surface area contributed by atoms with Crippen LogP contribution in [0.15, 0.2) is 12.5 Å². The van der Waals surface area contributed by atoms with Crippen molar-refractivity contribution in [1.82, 2.24) is 36.1 Å². The van der Waals surface area contributed by atoms with E-state index in [1.54, 1.807) is 0 Å². The first-order valence-corrected chi connectivity index (χ1v) is 17.0. The fourth-order valence-corrected chi connectivity index (χ4v) is 5.09. The highest BCUT2D eigenvalue weighted by Crippen LogP contribution is 2.38. The first-order chi connectivity index (χ1) is 22.4. The van der Waals surface area contributed by atoms with E-state index in [1.807, 2.05) is 20.8 Å². The topological polar surface area (TPSA) is 295 Å². The molecule has 0 aliphatic rings. The highest BCUT2D eigenvalue weighted by atomic mass is 31.2. The molecule has 0 fully saturated rings. The van der Waals surface area contributed by atoms with E-state index in [4.69, 9.17) is 15.5 Å². The number of amides is 6. The first kappa shape index (κ1) is 42.1. The number of hydrogen-bond acceptors (Lipinski definition) is 10. The lowest BCUT2D eigenvalue weighted by molar-refractivity contribution is -0.137. The maximum Gasteiger partial charge on any atom is 0.469 e. The molecular weight excluding hydrogens is 655 g/mol. The van der Waals surface area contributed by atoms with Gasteiger partial charge in [0.25, 0.3) is 0 Å². The van der Waals surface area contributed by atoms with Crippen LogP contribution in [0, 0.1) is 5.92 Å². The molecule has 10 N–H and O–H groups in total. The fourth-order valence-electron chi connectivity index (χ4n) is 4.53. The van der Waals surface area contributed by atoms with Gasteiger partial charge in [-0.3, -0.25) is 33.3 Å². The van der Waals surface area contributed by atoms with Crippen LogP contribution >= 0.6 is 7.82 Å². The molecular formula is C28H49N8O11P. The molecule has 1 aromatic heterocycles. The molecule has 0 radical (unpaired) electrons. The van der Waals surface area contributed by atoms with E-state index in [-0.39, 0.29) is 31.2 Å². The van der Waals surface area contributed by atoms with E-state index in [9.17, 15) is 38.4 Å². The summed E-state index contributed by atoms with van der Waals surface area (Å²) in [6, 6.07) is -5.96. The summed E-state index contributed by atoms with van der Waals surface area (Å²) in [5.41, 5.74) is 5.66. The van der Waals surface area contributed by atoms with Crippen LogP contribution < -0.4 is 27.0 Å². The number of hydrogen-bond donors (Lipinski definition) is 9. The Morgan fingerprint density at radius 3 is 2.08 bits per heavy atom. The van der Waals surface area contributed by atoms with Crippen LogP contribution in [0.25, 0.3) is 0 Å². The quantitative estimate of drug-likeness (QED) is 0.0466. The van der Waals surface area contributed by atoms with Crippen LogP contribution in [0.1, 0.15) is 66.0 Å². The van der Waals surface area contributed by atoms with Gasteiger partial charge in [-0.2, -0.15) is 0 Å². The van der Waals surface area contributed by atoms with Gasteiger partial charge >= 0.3 is 7.82 Å². The Balaban J connectivity index is 3.15. The summed E-state index contributed by atoms with van der Waals surface area (Å²) in [4.78, 5) is 103. The third-order valence-corrected chi connectivity index (χ3v) is 7.58. The van der Waals surface area contributed by atoms with E-state index in [0.717, 1.165) is 19.8 Å². The number of H-pyrrole nitrogens is 1. The summed E-state index contributed by atoms with van der Waals surface area (Å²) in [7, 11) is -5.08. The molecule has 5 atom stereocenters. The molecule has 272 valence electrons. The zero-order valence-corrected chi connectivity index (χ0v) is 28.7. The second-order valence-corrected chi connectivity index (χ2v) is 12.9. The Morgan fingerprint density at radius 1 is 0.979 bits per heavy atom. The van der Waals surface area contributed by atoms with Crippen molar-refractivity contribution in [3.8, 4) is 0 Å². The number of phosphoric ester groups is 1. The average Bonchev–Trinajstić information content (AvgIpc) is 3.49. The molecule has 19 nitrogen and oxygen atoms in total. The molecule has 0 aromatic carbocycles. The van der Waals surface area contributed by atoms with Crippen molar-refractivity contribution in [1.29, 1.82) is 0 Å². The molecule has 5 unspecified atom stereocenters. The number of carbonyl (C=O) groups excluding carboxylic acids is 6. The van der Waals surface area contributed by atoms with Crippen LogP contribution in [0.3, 0.4) is 0 Å². The van der Waals surface area contributed by atoms with Crippen molar-refractivity contribution in [3.63, 3.8) is 0 Å². The molecule has 1 heterocycles. The minimum absolute atomic E-state index is 0.0768. The van der Waals surface area contributed by atoms with Crippen molar-refractivity contribution in [2.45, 2.75) is 97.0 Å². The van der Waals surface area contributed by atoms with Crippen LogP contribution in [0.5, 0.6) is 0 Å². The molecule has 0 aliphatic carbocycles. The number of nitrogens with zero attached hydrogens (tertiary/aromatic N) is 2. The van der Waals surface area contributed by atoms with Gasteiger partial charge < -0.3 is 51.8 Å². The predicted molar refractivity (Wildman–Crippen MR) is 170 cm³/mol. The summed E-state index contributed by atoms with van der Waals surface area (Å²) in [6.07, 6.45) is 3.66. The lowest BCUT2D eigenvalue weighted by Crippen LogP contribution is -2.60. The Morgan fingerprint density at radius 2 is 1.58 bits per heavy atom. The fraction of sp³-hybridized carbons (Fsp3) is 0.679. The summed E-state index contributed by atoms with van der Waals surface area (Å²) >= 11 is 0. The van der Waals surface area contributed by atoms with Crippen LogP contribution in [-0.2, 0) is 44.3 Å². The van der Waals surface area contributed by atoms with Gasteiger partial charge in [-0.05, 0) is 25.7 Å². The maximum atomic E-state index is 13.5. The van der Waals surface area contributed by atoms with Gasteiger partial charge in [0.15, 0.2) is 0 Å². The SMILES string of the molecule is CCCCCN(CC(=O)NC(CC(C)C)C(=O)NC(Cc1cnc[nH]1)C(=O)NC(CO)C(=O)NC(C(N)=O)C(C)OP(=O)(O)O)C(C)=O. The number of nitrogens with two attached hydrogens (primary N) is 1. The largest absolute Gasteiger partial charge is 0.469 e. The van der Waals surface area contributed by atoms with E-state index >= 15 is 0 Å². The van der Waals surface area contributed by atoms with Gasteiger partial charge in [-0.25, -0.2) is 9.55 Å². The minimum atomic E-state index is -5.08. The molecule has 0 aliphatic heterocycles. The van der Waals surface area contributed by atoms with E-state index in [1.165, 1.54) is 24.3 Å². The number of imidazole rings is 1. The number of nitrogens with one attached hydrogen (secondary N) is 5. The number of rotatable bonds is 22. The smallest absolute Gasteiger partial charge is 0.394 e. The molecule has 0 bridgehead atoms. The van der Waals surface area contributed by atoms with Crippen LogP contribution in [0.2, 0.25) is 0 Å². The van der Waals surface area contributed by atoms with Gasteiger partial charge in [-0.15, -0.1) is 0 Å². The van der Waals surface area contributed by atoms with Crippen molar-refractivity contribution in [2.24, 2.45) is 11.7 Å². The summed E-state index contributed by atoms with van der Waals surface area (Å²) < 4.78 is 15.6. The Kier molecular flexibility index (Phi) is 18.0. The number of aliphatic hydroxyl groups is 1. The molecule has 48 heavy (non-hydrogen) atoms. The zero-order valence-electron chi connectivity index (χ0n) is 27.8.